The Morgan fingerprint density at radius 1 is 1.00 bits per heavy atom. The van der Waals surface area contributed by atoms with Gasteiger partial charge in [0, 0.05) is 10.9 Å². The van der Waals surface area contributed by atoms with E-state index in [1.165, 1.54) is 23.5 Å². The third kappa shape index (κ3) is 2.55. The first-order valence-electron chi connectivity index (χ1n) is 7.71. The van der Waals surface area contributed by atoms with Gasteiger partial charge in [-0.3, -0.25) is 4.79 Å². The summed E-state index contributed by atoms with van der Waals surface area (Å²) in [6.45, 7) is 0. The second kappa shape index (κ2) is 6.14. The zero-order chi connectivity index (χ0) is 18.3. The molecule has 0 unspecified atom stereocenters. The number of nitriles is 1. The van der Waals surface area contributed by atoms with Crippen LogP contribution >= 0.6 is 11.3 Å². The Balaban J connectivity index is 1.82. The lowest BCUT2D eigenvalue weighted by Crippen LogP contribution is -2.09. The van der Waals surface area contributed by atoms with Crippen LogP contribution in [0.2, 0.25) is 0 Å². The maximum Gasteiger partial charge on any atom is 0.270 e. The molecule has 4 nitrogen and oxygen atoms in total. The number of benzene rings is 2. The van der Waals surface area contributed by atoms with Gasteiger partial charge in [0.05, 0.1) is 5.39 Å². The first-order valence-corrected chi connectivity index (χ1v) is 8.59. The van der Waals surface area contributed by atoms with Crippen molar-refractivity contribution in [1.82, 2.24) is 4.98 Å². The smallest absolute Gasteiger partial charge is 0.270 e. The van der Waals surface area contributed by atoms with Crippen LogP contribution in [0.3, 0.4) is 0 Å². The van der Waals surface area contributed by atoms with Crippen molar-refractivity contribution in [3.8, 4) is 34.1 Å². The van der Waals surface area contributed by atoms with E-state index >= 15 is 0 Å². The van der Waals surface area contributed by atoms with Crippen LogP contribution in [0.25, 0.3) is 32.5 Å². The van der Waals surface area contributed by atoms with Gasteiger partial charge in [-0.05, 0) is 28.8 Å². The van der Waals surface area contributed by atoms with E-state index in [-0.39, 0.29) is 17.1 Å². The predicted molar refractivity (Wildman–Crippen MR) is 99.7 cm³/mol. The molecule has 0 aliphatic carbocycles. The number of halogens is 1. The topological polar surface area (TPSA) is 76.9 Å². The minimum absolute atomic E-state index is 0.284. The number of hydrogen-bond acceptors (Lipinski definition) is 4. The second-order valence-corrected chi connectivity index (χ2v) is 6.61. The molecule has 0 saturated carbocycles. The Labute approximate surface area is 151 Å². The van der Waals surface area contributed by atoms with E-state index in [1.54, 1.807) is 18.2 Å². The van der Waals surface area contributed by atoms with E-state index in [0.29, 0.717) is 10.2 Å². The molecule has 0 radical (unpaired) electrons. The first-order chi connectivity index (χ1) is 12.6. The van der Waals surface area contributed by atoms with Gasteiger partial charge in [-0.2, -0.15) is 5.26 Å². The van der Waals surface area contributed by atoms with Gasteiger partial charge in [-0.25, -0.2) is 4.39 Å². The highest BCUT2D eigenvalue weighted by Crippen LogP contribution is 2.39. The third-order valence-electron chi connectivity index (χ3n) is 4.20. The summed E-state index contributed by atoms with van der Waals surface area (Å²) in [5.41, 5.74) is 2.52. The van der Waals surface area contributed by atoms with E-state index in [4.69, 9.17) is 5.26 Å². The average Bonchev–Trinajstić information content (AvgIpc) is 3.07. The number of pyridine rings is 1. The summed E-state index contributed by atoms with van der Waals surface area (Å²) >= 11 is 1.29. The van der Waals surface area contributed by atoms with E-state index in [2.05, 4.69) is 4.98 Å². The van der Waals surface area contributed by atoms with Crippen molar-refractivity contribution >= 4 is 21.6 Å². The van der Waals surface area contributed by atoms with Crippen molar-refractivity contribution in [3.05, 3.63) is 75.6 Å². The van der Waals surface area contributed by atoms with Gasteiger partial charge in [0.15, 0.2) is 5.56 Å². The first kappa shape index (κ1) is 16.1. The van der Waals surface area contributed by atoms with Crippen molar-refractivity contribution < 1.29 is 9.50 Å². The Bertz CT molecular complexity index is 1220. The molecule has 0 aliphatic heterocycles. The van der Waals surface area contributed by atoms with Crippen LogP contribution in [0.15, 0.2) is 58.7 Å². The van der Waals surface area contributed by atoms with Crippen molar-refractivity contribution in [1.29, 1.82) is 5.26 Å². The largest absolute Gasteiger partial charge is 0.506 e. The van der Waals surface area contributed by atoms with Crippen molar-refractivity contribution in [2.24, 2.45) is 0 Å². The minimum Gasteiger partial charge on any atom is -0.506 e. The number of thiophene rings is 1. The molecular formula is C20H11FN2O2S. The fraction of sp³-hybridized carbons (Fsp3) is 0. The molecule has 2 heterocycles. The summed E-state index contributed by atoms with van der Waals surface area (Å²) in [4.78, 5) is 14.9. The number of aromatic hydroxyl groups is 1. The molecule has 0 saturated heterocycles. The van der Waals surface area contributed by atoms with E-state index in [1.807, 2.05) is 29.6 Å². The van der Waals surface area contributed by atoms with Crippen molar-refractivity contribution in [2.45, 2.75) is 0 Å². The molecule has 0 fully saturated rings. The molecule has 4 aromatic rings. The van der Waals surface area contributed by atoms with Crippen molar-refractivity contribution in [3.63, 3.8) is 0 Å². The van der Waals surface area contributed by atoms with E-state index < -0.39 is 5.56 Å². The van der Waals surface area contributed by atoms with Crippen LogP contribution in [-0.4, -0.2) is 10.1 Å². The zero-order valence-electron chi connectivity index (χ0n) is 13.3. The third-order valence-corrected chi connectivity index (χ3v) is 5.10. The molecule has 26 heavy (non-hydrogen) atoms. The Hall–Kier alpha value is -3.43. The standard InChI is InChI=1S/C20H11FN2O2S/c21-14-7-5-12(6-8-14)11-1-3-13(4-2-11)16-10-26-20-17(16)18(24)15(9-22)19(25)23-20/h1-8,10H,(H2,23,24,25). The SMILES string of the molecule is N#Cc1c(O)c2c(-c3ccc(-c4ccc(F)cc4)cc3)csc2[nH]c1=O. The van der Waals surface area contributed by atoms with E-state index in [0.717, 1.165) is 22.3 Å². The summed E-state index contributed by atoms with van der Waals surface area (Å²) in [5, 5.41) is 21.7. The van der Waals surface area contributed by atoms with Crippen LogP contribution in [0.4, 0.5) is 4.39 Å². The Morgan fingerprint density at radius 3 is 2.19 bits per heavy atom. The van der Waals surface area contributed by atoms with Gasteiger partial charge in [0.1, 0.15) is 22.5 Å². The van der Waals surface area contributed by atoms with Gasteiger partial charge in [0.25, 0.3) is 5.56 Å². The summed E-state index contributed by atoms with van der Waals surface area (Å²) in [7, 11) is 0. The quantitative estimate of drug-likeness (QED) is 0.545. The maximum absolute atomic E-state index is 13.1. The molecule has 0 aliphatic rings. The van der Waals surface area contributed by atoms with Crippen LogP contribution < -0.4 is 5.56 Å². The number of nitrogens with one attached hydrogen (secondary N) is 1. The lowest BCUT2D eigenvalue weighted by atomic mass is 10.00. The maximum atomic E-state index is 13.1. The fourth-order valence-electron chi connectivity index (χ4n) is 2.88. The molecule has 0 spiro atoms. The number of aromatic amines is 1. The van der Waals surface area contributed by atoms with Crippen LogP contribution in [0.5, 0.6) is 5.75 Å². The molecule has 2 aromatic heterocycles. The Kier molecular flexibility index (Phi) is 3.79. The van der Waals surface area contributed by atoms with Crippen LogP contribution in [-0.2, 0) is 0 Å². The molecule has 126 valence electrons. The van der Waals surface area contributed by atoms with Gasteiger partial charge in [-0.1, -0.05) is 36.4 Å². The lowest BCUT2D eigenvalue weighted by molar-refractivity contribution is 0.479. The molecule has 4 rings (SSSR count). The molecule has 2 aromatic carbocycles. The highest BCUT2D eigenvalue weighted by Gasteiger charge is 2.17. The van der Waals surface area contributed by atoms with Crippen molar-refractivity contribution in [2.75, 3.05) is 0 Å². The summed E-state index contributed by atoms with van der Waals surface area (Å²) in [5.74, 6) is -0.585. The molecule has 0 bridgehead atoms. The Morgan fingerprint density at radius 2 is 1.58 bits per heavy atom. The number of nitrogens with zero attached hydrogens (tertiary/aromatic N) is 1. The number of aromatic nitrogens is 1. The van der Waals surface area contributed by atoms with Gasteiger partial charge in [0.2, 0.25) is 0 Å². The zero-order valence-corrected chi connectivity index (χ0v) is 14.1. The fourth-order valence-corrected chi connectivity index (χ4v) is 3.85. The van der Waals surface area contributed by atoms with E-state index in [9.17, 15) is 14.3 Å². The van der Waals surface area contributed by atoms with Gasteiger partial charge in [-0.15, -0.1) is 11.3 Å². The number of rotatable bonds is 2. The van der Waals surface area contributed by atoms with Crippen LogP contribution in [0.1, 0.15) is 5.56 Å². The van der Waals surface area contributed by atoms with Gasteiger partial charge < -0.3 is 10.1 Å². The summed E-state index contributed by atoms with van der Waals surface area (Å²) in [6, 6.07) is 15.6. The van der Waals surface area contributed by atoms with Crippen LogP contribution in [0, 0.1) is 17.1 Å². The number of hydrogen-bond donors (Lipinski definition) is 2. The average molecular weight is 362 g/mol. The second-order valence-electron chi connectivity index (χ2n) is 5.73. The molecule has 0 amide bonds. The normalized spacial score (nSPS) is 10.8. The summed E-state index contributed by atoms with van der Waals surface area (Å²) < 4.78 is 13.1. The van der Waals surface area contributed by atoms with Gasteiger partial charge >= 0.3 is 0 Å². The molecule has 2 N–H and O–H groups in total. The minimum atomic E-state index is -0.599. The summed E-state index contributed by atoms with van der Waals surface area (Å²) in [6.07, 6.45) is 0. The highest BCUT2D eigenvalue weighted by atomic mass is 32.1. The number of H-pyrrole nitrogens is 1. The monoisotopic (exact) mass is 362 g/mol. The highest BCUT2D eigenvalue weighted by molar-refractivity contribution is 7.17. The number of fused-ring (bicyclic) bond motifs is 1. The predicted octanol–water partition coefficient (Wildman–Crippen LogP) is 4.64. The molecule has 0 atom stereocenters. The molecule has 6 heteroatoms. The lowest BCUT2D eigenvalue weighted by Gasteiger charge is -2.06. The molecular weight excluding hydrogens is 351 g/mol.